The molecule has 0 atom stereocenters. The summed E-state index contributed by atoms with van der Waals surface area (Å²) < 4.78 is 1.83. The Morgan fingerprint density at radius 3 is 2.68 bits per heavy atom. The summed E-state index contributed by atoms with van der Waals surface area (Å²) in [4.78, 5) is 14.3. The molecule has 3 rings (SSSR count). The van der Waals surface area contributed by atoms with Crippen molar-refractivity contribution in [3.05, 3.63) is 65.5 Å². The van der Waals surface area contributed by atoms with Crippen molar-refractivity contribution in [1.82, 2.24) is 4.90 Å². The van der Waals surface area contributed by atoms with Gasteiger partial charge in [-0.05, 0) is 17.5 Å². The fourth-order valence-corrected chi connectivity index (χ4v) is 2.69. The van der Waals surface area contributed by atoms with Crippen LogP contribution in [0.2, 0.25) is 0 Å². The molecule has 0 saturated heterocycles. The molecule has 1 aromatic heterocycles. The molecule has 1 aliphatic heterocycles. The molecule has 0 bridgehead atoms. The second kappa shape index (κ2) is 6.39. The van der Waals surface area contributed by atoms with Crippen molar-refractivity contribution in [3.63, 3.8) is 0 Å². The summed E-state index contributed by atoms with van der Waals surface area (Å²) in [6, 6.07) is 11.9. The molecule has 2 heterocycles. The zero-order chi connectivity index (χ0) is 15.4. The molecule has 1 aromatic carbocycles. The highest BCUT2D eigenvalue weighted by atomic mass is 16.4. The van der Waals surface area contributed by atoms with Gasteiger partial charge in [0, 0.05) is 30.8 Å². The molecule has 5 heteroatoms. The van der Waals surface area contributed by atoms with Gasteiger partial charge in [0.1, 0.15) is 0 Å². The Morgan fingerprint density at radius 1 is 1.23 bits per heavy atom. The first-order valence-corrected chi connectivity index (χ1v) is 7.27. The predicted octanol–water partition coefficient (Wildman–Crippen LogP) is 1.37. The molecular formula is C17H18N3O2+. The van der Waals surface area contributed by atoms with Gasteiger partial charge in [0.15, 0.2) is 12.4 Å². The molecule has 0 unspecified atom stereocenters. The number of carbonyl (C=O) groups excluding carboxylic acids is 1. The van der Waals surface area contributed by atoms with Crippen LogP contribution in [-0.4, -0.2) is 28.8 Å². The molecule has 0 radical (unpaired) electrons. The van der Waals surface area contributed by atoms with E-state index < -0.39 is 0 Å². The molecule has 2 aromatic rings. The summed E-state index contributed by atoms with van der Waals surface area (Å²) in [5.74, 6) is 0.114. The SMILES string of the molecule is O=C(C[n+]1ccc(/C=N\O)cc1)N1CCc2ccccc2C1. The Hall–Kier alpha value is -2.69. The zero-order valence-corrected chi connectivity index (χ0v) is 12.2. The molecule has 0 aliphatic carbocycles. The third kappa shape index (κ3) is 3.14. The fourth-order valence-electron chi connectivity index (χ4n) is 2.69. The van der Waals surface area contributed by atoms with Crippen LogP contribution in [0.1, 0.15) is 16.7 Å². The summed E-state index contributed by atoms with van der Waals surface area (Å²) in [5.41, 5.74) is 3.37. The van der Waals surface area contributed by atoms with E-state index in [4.69, 9.17) is 5.21 Å². The van der Waals surface area contributed by atoms with E-state index in [1.807, 2.05) is 34.0 Å². The van der Waals surface area contributed by atoms with Gasteiger partial charge in [0.2, 0.25) is 6.54 Å². The number of carbonyl (C=O) groups is 1. The van der Waals surface area contributed by atoms with E-state index >= 15 is 0 Å². The number of hydrogen-bond acceptors (Lipinski definition) is 3. The van der Waals surface area contributed by atoms with Gasteiger partial charge in [-0.1, -0.05) is 29.4 Å². The van der Waals surface area contributed by atoms with Crippen molar-refractivity contribution in [3.8, 4) is 0 Å². The molecule has 5 nitrogen and oxygen atoms in total. The van der Waals surface area contributed by atoms with Gasteiger partial charge in [-0.2, -0.15) is 4.57 Å². The minimum atomic E-state index is 0.114. The first-order valence-electron chi connectivity index (χ1n) is 7.27. The maximum absolute atomic E-state index is 12.4. The minimum Gasteiger partial charge on any atom is -0.411 e. The highest BCUT2D eigenvalue weighted by Gasteiger charge is 2.22. The third-order valence-corrected chi connectivity index (χ3v) is 3.92. The number of nitrogens with zero attached hydrogens (tertiary/aromatic N) is 3. The fraction of sp³-hybridized carbons (Fsp3) is 0.235. The summed E-state index contributed by atoms with van der Waals surface area (Å²) in [5, 5.41) is 11.5. The number of oxime groups is 1. The van der Waals surface area contributed by atoms with Gasteiger partial charge in [0.25, 0.3) is 5.91 Å². The number of amides is 1. The molecule has 0 fully saturated rings. The van der Waals surface area contributed by atoms with Crippen LogP contribution in [0.4, 0.5) is 0 Å². The van der Waals surface area contributed by atoms with Crippen LogP contribution < -0.4 is 4.57 Å². The van der Waals surface area contributed by atoms with E-state index in [0.717, 1.165) is 18.5 Å². The normalized spacial score (nSPS) is 14.1. The van der Waals surface area contributed by atoms with Gasteiger partial charge < -0.3 is 10.1 Å². The second-order valence-electron chi connectivity index (χ2n) is 5.38. The maximum Gasteiger partial charge on any atom is 0.288 e. The molecule has 22 heavy (non-hydrogen) atoms. The van der Waals surface area contributed by atoms with E-state index in [2.05, 4.69) is 17.3 Å². The van der Waals surface area contributed by atoms with Crippen LogP contribution >= 0.6 is 0 Å². The Kier molecular flexibility index (Phi) is 4.14. The van der Waals surface area contributed by atoms with Gasteiger partial charge in [-0.3, -0.25) is 4.79 Å². The van der Waals surface area contributed by atoms with E-state index in [1.165, 1.54) is 17.3 Å². The summed E-state index contributed by atoms with van der Waals surface area (Å²) in [7, 11) is 0. The first kappa shape index (κ1) is 14.3. The van der Waals surface area contributed by atoms with E-state index in [0.29, 0.717) is 13.1 Å². The highest BCUT2D eigenvalue weighted by Crippen LogP contribution is 2.18. The average Bonchev–Trinajstić information content (AvgIpc) is 2.56. The minimum absolute atomic E-state index is 0.114. The molecule has 1 N–H and O–H groups in total. The molecular weight excluding hydrogens is 278 g/mol. The standard InChI is InChI=1S/C17H17N3O2/c21-17(13-19-8-5-14(6-9-19)11-18-22)20-10-7-15-3-1-2-4-16(15)12-20/h1-6,8-9,11H,7,10,12-13H2/p+1. The Labute approximate surface area is 129 Å². The van der Waals surface area contributed by atoms with Crippen LogP contribution in [0, 0.1) is 0 Å². The van der Waals surface area contributed by atoms with Crippen molar-refractivity contribution in [1.29, 1.82) is 0 Å². The maximum atomic E-state index is 12.4. The third-order valence-electron chi connectivity index (χ3n) is 3.92. The van der Waals surface area contributed by atoms with Crippen LogP contribution in [0.25, 0.3) is 0 Å². The van der Waals surface area contributed by atoms with Gasteiger partial charge in [0.05, 0.1) is 6.21 Å². The average molecular weight is 296 g/mol. The summed E-state index contributed by atoms with van der Waals surface area (Å²) in [6.07, 6.45) is 5.89. The van der Waals surface area contributed by atoms with Crippen molar-refractivity contribution < 1.29 is 14.6 Å². The second-order valence-corrected chi connectivity index (χ2v) is 5.38. The van der Waals surface area contributed by atoms with Gasteiger partial charge in [-0.25, -0.2) is 0 Å². The smallest absolute Gasteiger partial charge is 0.288 e. The Bertz CT molecular complexity index is 695. The Morgan fingerprint density at radius 2 is 1.95 bits per heavy atom. The van der Waals surface area contributed by atoms with Crippen LogP contribution in [-0.2, 0) is 24.3 Å². The lowest BCUT2D eigenvalue weighted by molar-refractivity contribution is -0.685. The summed E-state index contributed by atoms with van der Waals surface area (Å²) >= 11 is 0. The molecule has 1 amide bonds. The number of rotatable bonds is 3. The van der Waals surface area contributed by atoms with Crippen molar-refractivity contribution in [2.45, 2.75) is 19.5 Å². The van der Waals surface area contributed by atoms with E-state index in [-0.39, 0.29) is 5.91 Å². The Balaban J connectivity index is 1.65. The van der Waals surface area contributed by atoms with Crippen molar-refractivity contribution >= 4 is 12.1 Å². The highest BCUT2D eigenvalue weighted by molar-refractivity contribution is 5.78. The molecule has 1 aliphatic rings. The van der Waals surface area contributed by atoms with Crippen molar-refractivity contribution in [2.75, 3.05) is 6.54 Å². The monoisotopic (exact) mass is 296 g/mol. The van der Waals surface area contributed by atoms with Gasteiger partial charge in [-0.15, -0.1) is 0 Å². The predicted molar refractivity (Wildman–Crippen MR) is 81.6 cm³/mol. The van der Waals surface area contributed by atoms with E-state index in [1.54, 1.807) is 12.1 Å². The zero-order valence-electron chi connectivity index (χ0n) is 12.2. The quantitative estimate of drug-likeness (QED) is 0.402. The van der Waals surface area contributed by atoms with E-state index in [9.17, 15) is 4.79 Å². The molecule has 0 saturated carbocycles. The first-order chi connectivity index (χ1) is 10.8. The number of hydrogen-bond donors (Lipinski definition) is 1. The van der Waals surface area contributed by atoms with Crippen LogP contribution in [0.15, 0.2) is 53.9 Å². The van der Waals surface area contributed by atoms with Crippen LogP contribution in [0.5, 0.6) is 0 Å². The van der Waals surface area contributed by atoms with Crippen molar-refractivity contribution in [2.24, 2.45) is 5.16 Å². The molecule has 0 spiro atoms. The van der Waals surface area contributed by atoms with Crippen LogP contribution in [0.3, 0.4) is 0 Å². The molecule has 112 valence electrons. The number of pyridine rings is 1. The lowest BCUT2D eigenvalue weighted by Crippen LogP contribution is -2.46. The number of benzene rings is 1. The topological polar surface area (TPSA) is 56.8 Å². The number of fused-ring (bicyclic) bond motifs is 1. The lowest BCUT2D eigenvalue weighted by atomic mass is 10.00. The van der Waals surface area contributed by atoms with Gasteiger partial charge >= 0.3 is 0 Å². The lowest BCUT2D eigenvalue weighted by Gasteiger charge is -2.27. The number of aromatic nitrogens is 1. The largest absolute Gasteiger partial charge is 0.411 e. The summed E-state index contributed by atoms with van der Waals surface area (Å²) in [6.45, 7) is 1.77.